The maximum Gasteiger partial charge on any atom is 0.222 e. The van der Waals surface area contributed by atoms with Crippen LogP contribution in [0.1, 0.15) is 57.8 Å². The highest BCUT2D eigenvalue weighted by Gasteiger charge is 2.43. The van der Waals surface area contributed by atoms with Crippen LogP contribution in [-0.4, -0.2) is 42.0 Å². The van der Waals surface area contributed by atoms with Crippen LogP contribution in [0.5, 0.6) is 0 Å². The molecule has 3 fully saturated rings. The van der Waals surface area contributed by atoms with Crippen LogP contribution in [0.4, 0.5) is 0 Å². The van der Waals surface area contributed by atoms with Gasteiger partial charge in [0.15, 0.2) is 0 Å². The molecule has 4 nitrogen and oxygen atoms in total. The van der Waals surface area contributed by atoms with E-state index in [1.807, 2.05) is 5.01 Å². The molecular weight excluding hydrogens is 250 g/mol. The number of carbonyl (C=O) groups is 1. The van der Waals surface area contributed by atoms with E-state index < -0.39 is 0 Å². The fourth-order valence-corrected chi connectivity index (χ4v) is 4.63. The second kappa shape index (κ2) is 6.02. The van der Waals surface area contributed by atoms with Gasteiger partial charge in [-0.1, -0.05) is 19.3 Å². The molecule has 1 aliphatic carbocycles. The first-order valence-corrected chi connectivity index (χ1v) is 8.47. The van der Waals surface area contributed by atoms with Gasteiger partial charge in [0.05, 0.1) is 0 Å². The summed E-state index contributed by atoms with van der Waals surface area (Å²) < 4.78 is 0. The van der Waals surface area contributed by atoms with Crippen LogP contribution < -0.4 is 5.84 Å². The van der Waals surface area contributed by atoms with Crippen molar-refractivity contribution in [3.8, 4) is 0 Å². The third kappa shape index (κ3) is 2.86. The van der Waals surface area contributed by atoms with Crippen molar-refractivity contribution in [1.29, 1.82) is 0 Å². The summed E-state index contributed by atoms with van der Waals surface area (Å²) in [6.45, 7) is 3.99. The van der Waals surface area contributed by atoms with E-state index in [0.717, 1.165) is 44.9 Å². The van der Waals surface area contributed by atoms with Crippen LogP contribution in [0.2, 0.25) is 0 Å². The number of nitrogens with zero attached hydrogens (tertiary/aromatic N) is 2. The minimum Gasteiger partial charge on any atom is -0.342 e. The number of hydrazine groups is 1. The number of carbonyl (C=O) groups excluding carboxylic acids is 1. The van der Waals surface area contributed by atoms with Gasteiger partial charge < -0.3 is 4.90 Å². The lowest BCUT2D eigenvalue weighted by atomic mass is 9.63. The van der Waals surface area contributed by atoms with Crippen LogP contribution in [0.3, 0.4) is 0 Å². The van der Waals surface area contributed by atoms with E-state index >= 15 is 0 Å². The molecule has 20 heavy (non-hydrogen) atoms. The SMILES string of the molecule is NN1CCC(CN2CCCC2=O)(C2CCCCC2)CC1. The maximum atomic E-state index is 12.0. The topological polar surface area (TPSA) is 49.6 Å². The van der Waals surface area contributed by atoms with Crippen LogP contribution in [0, 0.1) is 11.3 Å². The number of hydrogen-bond donors (Lipinski definition) is 1. The molecule has 2 heterocycles. The highest BCUT2D eigenvalue weighted by atomic mass is 16.2. The van der Waals surface area contributed by atoms with Gasteiger partial charge in [0.25, 0.3) is 0 Å². The summed E-state index contributed by atoms with van der Waals surface area (Å²) in [7, 11) is 0. The molecule has 0 aromatic heterocycles. The van der Waals surface area contributed by atoms with Crippen molar-refractivity contribution in [3.63, 3.8) is 0 Å². The monoisotopic (exact) mass is 279 g/mol. The molecule has 1 saturated carbocycles. The van der Waals surface area contributed by atoms with Crippen molar-refractivity contribution in [3.05, 3.63) is 0 Å². The smallest absolute Gasteiger partial charge is 0.222 e. The van der Waals surface area contributed by atoms with Gasteiger partial charge in [-0.15, -0.1) is 0 Å². The second-order valence-electron chi connectivity index (χ2n) is 7.15. The quantitative estimate of drug-likeness (QED) is 0.805. The van der Waals surface area contributed by atoms with Gasteiger partial charge in [-0.3, -0.25) is 10.6 Å². The average molecular weight is 279 g/mol. The third-order valence-electron chi connectivity index (χ3n) is 5.94. The molecule has 0 bridgehead atoms. The Kier molecular flexibility index (Phi) is 4.32. The Hall–Kier alpha value is -0.610. The highest BCUT2D eigenvalue weighted by Crippen LogP contribution is 2.46. The predicted molar refractivity (Wildman–Crippen MR) is 79.8 cm³/mol. The summed E-state index contributed by atoms with van der Waals surface area (Å²) in [4.78, 5) is 14.2. The molecule has 0 aromatic rings. The number of nitrogens with two attached hydrogens (primary N) is 1. The lowest BCUT2D eigenvalue weighted by Gasteiger charge is -2.49. The Bertz CT molecular complexity index is 344. The molecule has 2 saturated heterocycles. The Morgan fingerprint density at radius 1 is 1.05 bits per heavy atom. The van der Waals surface area contributed by atoms with Crippen molar-refractivity contribution in [2.24, 2.45) is 17.2 Å². The largest absolute Gasteiger partial charge is 0.342 e. The summed E-state index contributed by atoms with van der Waals surface area (Å²) in [6.07, 6.45) is 11.1. The number of rotatable bonds is 3. The molecule has 3 aliphatic rings. The molecule has 0 aromatic carbocycles. The van der Waals surface area contributed by atoms with Crippen molar-refractivity contribution < 1.29 is 4.79 Å². The summed E-state index contributed by atoms with van der Waals surface area (Å²) in [5.41, 5.74) is 0.357. The average Bonchev–Trinajstić information content (AvgIpc) is 2.88. The zero-order valence-electron chi connectivity index (χ0n) is 12.6. The van der Waals surface area contributed by atoms with Crippen LogP contribution in [-0.2, 0) is 4.79 Å². The van der Waals surface area contributed by atoms with Gasteiger partial charge >= 0.3 is 0 Å². The molecule has 0 unspecified atom stereocenters. The zero-order chi connectivity index (χ0) is 14.0. The molecule has 2 aliphatic heterocycles. The fraction of sp³-hybridized carbons (Fsp3) is 0.938. The first-order chi connectivity index (χ1) is 9.70. The molecule has 0 radical (unpaired) electrons. The van der Waals surface area contributed by atoms with Crippen LogP contribution in [0.25, 0.3) is 0 Å². The fourth-order valence-electron chi connectivity index (χ4n) is 4.63. The van der Waals surface area contributed by atoms with E-state index in [2.05, 4.69) is 4.90 Å². The Morgan fingerprint density at radius 3 is 2.35 bits per heavy atom. The number of amides is 1. The molecular formula is C16H29N3O. The molecule has 3 rings (SSSR count). The summed E-state index contributed by atoms with van der Waals surface area (Å²) >= 11 is 0. The van der Waals surface area contributed by atoms with Crippen molar-refractivity contribution in [2.75, 3.05) is 26.2 Å². The van der Waals surface area contributed by atoms with E-state index in [9.17, 15) is 4.79 Å². The van der Waals surface area contributed by atoms with Gasteiger partial charge in [0, 0.05) is 32.6 Å². The minimum atomic E-state index is 0.357. The Morgan fingerprint density at radius 2 is 1.75 bits per heavy atom. The van der Waals surface area contributed by atoms with E-state index in [1.54, 1.807) is 0 Å². The van der Waals surface area contributed by atoms with Crippen LogP contribution >= 0.6 is 0 Å². The van der Waals surface area contributed by atoms with Gasteiger partial charge in [0.2, 0.25) is 5.91 Å². The van der Waals surface area contributed by atoms with Gasteiger partial charge in [-0.25, -0.2) is 5.01 Å². The third-order valence-corrected chi connectivity index (χ3v) is 5.94. The summed E-state index contributed by atoms with van der Waals surface area (Å²) in [6, 6.07) is 0. The lowest BCUT2D eigenvalue weighted by molar-refractivity contribution is -0.130. The van der Waals surface area contributed by atoms with Crippen molar-refractivity contribution in [2.45, 2.75) is 57.8 Å². The molecule has 1 amide bonds. The first kappa shape index (κ1) is 14.3. The second-order valence-corrected chi connectivity index (χ2v) is 7.15. The zero-order valence-corrected chi connectivity index (χ0v) is 12.6. The standard InChI is InChI=1S/C16H29N3O/c17-19-11-8-16(9-12-19,14-5-2-1-3-6-14)13-18-10-4-7-15(18)20/h14H,1-13,17H2. The van der Waals surface area contributed by atoms with Gasteiger partial charge in [-0.05, 0) is 43.4 Å². The van der Waals surface area contributed by atoms with Gasteiger partial charge in [-0.2, -0.15) is 0 Å². The van der Waals surface area contributed by atoms with Crippen molar-refractivity contribution >= 4 is 5.91 Å². The minimum absolute atomic E-state index is 0.357. The molecule has 0 spiro atoms. The van der Waals surface area contributed by atoms with E-state index in [-0.39, 0.29) is 0 Å². The maximum absolute atomic E-state index is 12.0. The molecule has 0 atom stereocenters. The van der Waals surface area contributed by atoms with E-state index in [1.165, 1.54) is 44.9 Å². The number of piperidine rings is 1. The normalized spacial score (nSPS) is 29.1. The van der Waals surface area contributed by atoms with Gasteiger partial charge in [0.1, 0.15) is 0 Å². The summed E-state index contributed by atoms with van der Waals surface area (Å²) in [5, 5.41) is 1.97. The Labute approximate surface area is 122 Å². The number of likely N-dealkylation sites (tertiary alicyclic amines) is 1. The first-order valence-electron chi connectivity index (χ1n) is 8.47. The van der Waals surface area contributed by atoms with Crippen LogP contribution in [0.15, 0.2) is 0 Å². The van der Waals surface area contributed by atoms with E-state index in [0.29, 0.717) is 11.3 Å². The molecule has 2 N–H and O–H groups in total. The van der Waals surface area contributed by atoms with E-state index in [4.69, 9.17) is 5.84 Å². The number of hydrogen-bond acceptors (Lipinski definition) is 3. The summed E-state index contributed by atoms with van der Waals surface area (Å²) in [5.74, 6) is 7.18. The Balaban J connectivity index is 1.73. The highest BCUT2D eigenvalue weighted by molar-refractivity contribution is 5.78. The van der Waals surface area contributed by atoms with Crippen molar-refractivity contribution in [1.82, 2.24) is 9.91 Å². The molecule has 114 valence electrons. The lowest BCUT2D eigenvalue weighted by Crippen LogP contribution is -2.52. The molecule has 4 heteroatoms. The predicted octanol–water partition coefficient (Wildman–Crippen LogP) is 2.14.